The first-order valence-electron chi connectivity index (χ1n) is 7.52. The van der Waals surface area contributed by atoms with Crippen LogP contribution in [0.3, 0.4) is 0 Å². The number of benzene rings is 1. The molecule has 21 heavy (non-hydrogen) atoms. The Kier molecular flexibility index (Phi) is 4.57. The van der Waals surface area contributed by atoms with Crippen LogP contribution in [0.5, 0.6) is 0 Å². The summed E-state index contributed by atoms with van der Waals surface area (Å²) in [6, 6.07) is 10.0. The van der Waals surface area contributed by atoms with Crippen LogP contribution in [0.2, 0.25) is 0 Å². The molecule has 0 aromatic heterocycles. The van der Waals surface area contributed by atoms with Crippen molar-refractivity contribution in [3.8, 4) is 0 Å². The predicted octanol–water partition coefficient (Wildman–Crippen LogP) is 0.968. The molecule has 0 saturated carbocycles. The van der Waals surface area contributed by atoms with E-state index in [-0.39, 0.29) is 18.8 Å². The molecular formula is C16H23NO4. The Morgan fingerprint density at radius 1 is 1.29 bits per heavy atom. The summed E-state index contributed by atoms with van der Waals surface area (Å²) in [6.45, 7) is 5.72. The molecule has 0 bridgehead atoms. The molecule has 0 aliphatic carbocycles. The number of aliphatic hydroxyl groups excluding tert-OH is 1. The maximum absolute atomic E-state index is 9.19. The molecule has 1 aromatic rings. The molecule has 3 unspecified atom stereocenters. The van der Waals surface area contributed by atoms with Gasteiger partial charge in [-0.3, -0.25) is 4.90 Å². The van der Waals surface area contributed by atoms with E-state index in [9.17, 15) is 5.11 Å². The lowest BCUT2D eigenvalue weighted by molar-refractivity contribution is -0.165. The Bertz CT molecular complexity index is 455. The summed E-state index contributed by atoms with van der Waals surface area (Å²) in [6.07, 6.45) is -0.0331. The van der Waals surface area contributed by atoms with Gasteiger partial charge in [-0.15, -0.1) is 0 Å². The van der Waals surface area contributed by atoms with Crippen molar-refractivity contribution in [2.24, 2.45) is 0 Å². The minimum atomic E-state index is -0.658. The van der Waals surface area contributed by atoms with E-state index < -0.39 is 5.79 Å². The fourth-order valence-corrected chi connectivity index (χ4v) is 2.96. The van der Waals surface area contributed by atoms with Crippen LogP contribution in [0.4, 0.5) is 0 Å². The molecule has 0 spiro atoms. The van der Waals surface area contributed by atoms with E-state index in [1.54, 1.807) is 0 Å². The fourth-order valence-electron chi connectivity index (χ4n) is 2.96. The lowest BCUT2D eigenvalue weighted by Crippen LogP contribution is -2.47. The first kappa shape index (κ1) is 14.9. The van der Waals surface area contributed by atoms with Crippen LogP contribution >= 0.6 is 0 Å². The zero-order valence-electron chi connectivity index (χ0n) is 12.4. The second-order valence-corrected chi connectivity index (χ2v) is 5.80. The highest BCUT2D eigenvalue weighted by Gasteiger charge is 2.39. The van der Waals surface area contributed by atoms with Crippen molar-refractivity contribution in [2.75, 3.05) is 39.5 Å². The number of hydrogen-bond donors (Lipinski definition) is 1. The van der Waals surface area contributed by atoms with Crippen molar-refractivity contribution in [3.63, 3.8) is 0 Å². The third-order valence-corrected chi connectivity index (χ3v) is 4.12. The monoisotopic (exact) mass is 293 g/mol. The summed E-state index contributed by atoms with van der Waals surface area (Å²) in [5.74, 6) is -0.658. The van der Waals surface area contributed by atoms with Gasteiger partial charge in [0.05, 0.1) is 32.0 Å². The number of ether oxygens (including phenoxy) is 3. The molecule has 3 atom stereocenters. The summed E-state index contributed by atoms with van der Waals surface area (Å²) in [4.78, 5) is 2.27. The summed E-state index contributed by atoms with van der Waals surface area (Å²) in [5, 5.41) is 9.19. The van der Waals surface area contributed by atoms with Crippen molar-refractivity contribution in [2.45, 2.75) is 24.9 Å². The Hall–Kier alpha value is -0.980. The molecule has 2 aliphatic heterocycles. The number of nitrogens with zero attached hydrogens (tertiary/aromatic N) is 1. The molecule has 1 aromatic carbocycles. The highest BCUT2D eigenvalue weighted by molar-refractivity contribution is 5.20. The van der Waals surface area contributed by atoms with E-state index in [2.05, 4.69) is 4.90 Å². The Morgan fingerprint density at radius 3 is 2.86 bits per heavy atom. The van der Waals surface area contributed by atoms with Crippen LogP contribution < -0.4 is 0 Å². The molecule has 2 fully saturated rings. The minimum absolute atomic E-state index is 0.0487. The predicted molar refractivity (Wildman–Crippen MR) is 77.9 cm³/mol. The highest BCUT2D eigenvalue weighted by atomic mass is 16.7. The third-order valence-electron chi connectivity index (χ3n) is 4.12. The standard InChI is InChI=1S/C16H23NO4/c1-16(13-5-3-2-4-6-13)20-12-15(21-16)10-17-7-8-19-14(9-17)11-18/h2-6,14-15,18H,7-12H2,1H3. The van der Waals surface area contributed by atoms with Crippen LogP contribution in [0, 0.1) is 0 Å². The molecule has 1 N–H and O–H groups in total. The van der Waals surface area contributed by atoms with Crippen LogP contribution in [-0.4, -0.2) is 61.7 Å². The van der Waals surface area contributed by atoms with Crippen molar-refractivity contribution in [1.29, 1.82) is 0 Å². The Labute approximate surface area is 125 Å². The SMILES string of the molecule is CC1(c2ccccc2)OCC(CN2CCOC(CO)C2)O1. The number of aliphatic hydroxyl groups is 1. The quantitative estimate of drug-likeness (QED) is 0.896. The number of morpholine rings is 1. The maximum atomic E-state index is 9.19. The van der Waals surface area contributed by atoms with Gasteiger partial charge in [0.1, 0.15) is 0 Å². The molecule has 5 nitrogen and oxygen atoms in total. The summed E-state index contributed by atoms with van der Waals surface area (Å²) in [5.41, 5.74) is 1.04. The maximum Gasteiger partial charge on any atom is 0.192 e. The Morgan fingerprint density at radius 2 is 2.10 bits per heavy atom. The van der Waals surface area contributed by atoms with Gasteiger partial charge in [-0.25, -0.2) is 0 Å². The fraction of sp³-hybridized carbons (Fsp3) is 0.625. The van der Waals surface area contributed by atoms with Gasteiger partial charge in [-0.05, 0) is 6.92 Å². The van der Waals surface area contributed by atoms with Crippen LogP contribution in [0.15, 0.2) is 30.3 Å². The molecule has 2 saturated heterocycles. The lowest BCUT2D eigenvalue weighted by Gasteiger charge is -2.33. The van der Waals surface area contributed by atoms with Crippen molar-refractivity contribution in [1.82, 2.24) is 4.90 Å². The first-order valence-corrected chi connectivity index (χ1v) is 7.52. The van der Waals surface area contributed by atoms with Crippen molar-refractivity contribution in [3.05, 3.63) is 35.9 Å². The topological polar surface area (TPSA) is 51.2 Å². The summed E-state index contributed by atoms with van der Waals surface area (Å²) >= 11 is 0. The van der Waals surface area contributed by atoms with E-state index in [0.29, 0.717) is 13.2 Å². The lowest BCUT2D eigenvalue weighted by atomic mass is 10.1. The second kappa shape index (κ2) is 6.42. The average molecular weight is 293 g/mol. The molecule has 0 radical (unpaired) electrons. The van der Waals surface area contributed by atoms with Crippen molar-refractivity contribution >= 4 is 0 Å². The van der Waals surface area contributed by atoms with Gasteiger partial charge in [-0.1, -0.05) is 30.3 Å². The molecule has 3 rings (SSSR count). The zero-order chi connectivity index (χ0) is 14.7. The summed E-state index contributed by atoms with van der Waals surface area (Å²) < 4.78 is 17.5. The average Bonchev–Trinajstić information content (AvgIpc) is 2.91. The second-order valence-electron chi connectivity index (χ2n) is 5.80. The van der Waals surface area contributed by atoms with Gasteiger partial charge in [-0.2, -0.15) is 0 Å². The molecule has 116 valence electrons. The van der Waals surface area contributed by atoms with Crippen molar-refractivity contribution < 1.29 is 19.3 Å². The van der Waals surface area contributed by atoms with Gasteiger partial charge in [0, 0.05) is 25.2 Å². The number of hydrogen-bond acceptors (Lipinski definition) is 5. The highest BCUT2D eigenvalue weighted by Crippen LogP contribution is 2.33. The molecule has 5 heteroatoms. The minimum Gasteiger partial charge on any atom is -0.394 e. The largest absolute Gasteiger partial charge is 0.394 e. The molecular weight excluding hydrogens is 270 g/mol. The zero-order valence-corrected chi connectivity index (χ0v) is 12.4. The van der Waals surface area contributed by atoms with Gasteiger partial charge in [0.15, 0.2) is 5.79 Å². The normalized spacial score (nSPS) is 34.2. The molecule has 2 heterocycles. The third kappa shape index (κ3) is 3.44. The number of rotatable bonds is 4. The van der Waals surface area contributed by atoms with Gasteiger partial charge >= 0.3 is 0 Å². The van der Waals surface area contributed by atoms with Gasteiger partial charge in [0.25, 0.3) is 0 Å². The summed E-state index contributed by atoms with van der Waals surface area (Å²) in [7, 11) is 0. The van der Waals surface area contributed by atoms with Crippen LogP contribution in [0.1, 0.15) is 12.5 Å². The molecule has 0 amide bonds. The smallest absolute Gasteiger partial charge is 0.192 e. The Balaban J connectivity index is 1.57. The van der Waals surface area contributed by atoms with E-state index in [4.69, 9.17) is 14.2 Å². The first-order chi connectivity index (χ1) is 10.2. The van der Waals surface area contributed by atoms with Crippen LogP contribution in [-0.2, 0) is 20.0 Å². The van der Waals surface area contributed by atoms with E-state index in [1.165, 1.54) is 0 Å². The van der Waals surface area contributed by atoms with E-state index >= 15 is 0 Å². The van der Waals surface area contributed by atoms with Gasteiger partial charge in [0.2, 0.25) is 0 Å². The molecule has 2 aliphatic rings. The van der Waals surface area contributed by atoms with Crippen LogP contribution in [0.25, 0.3) is 0 Å². The van der Waals surface area contributed by atoms with Gasteiger partial charge < -0.3 is 19.3 Å². The van der Waals surface area contributed by atoms with E-state index in [1.807, 2.05) is 37.3 Å². The van der Waals surface area contributed by atoms with E-state index in [0.717, 1.165) is 25.2 Å².